The van der Waals surface area contributed by atoms with E-state index >= 15 is 0 Å². The zero-order valence-corrected chi connectivity index (χ0v) is 12.1. The summed E-state index contributed by atoms with van der Waals surface area (Å²) in [5.74, 6) is 1.54. The summed E-state index contributed by atoms with van der Waals surface area (Å²) in [6.45, 7) is 2.48. The Hall–Kier alpha value is -2.74. The van der Waals surface area contributed by atoms with Gasteiger partial charge in [0, 0.05) is 12.7 Å². The van der Waals surface area contributed by atoms with Gasteiger partial charge in [-0.05, 0) is 37.3 Å². The van der Waals surface area contributed by atoms with Crippen LogP contribution in [0.2, 0.25) is 0 Å². The normalized spacial score (nSPS) is 9.95. The lowest BCUT2D eigenvalue weighted by molar-refractivity contribution is -0.128. The molecule has 0 fully saturated rings. The Bertz CT molecular complexity index is 670. The average molecular weight is 283 g/mol. The molecule has 1 amide bonds. The Kier molecular flexibility index (Phi) is 4.62. The number of benzene rings is 1. The number of rotatable bonds is 5. The van der Waals surface area contributed by atoms with Crippen molar-refractivity contribution in [2.45, 2.75) is 13.5 Å². The molecule has 108 valence electrons. The van der Waals surface area contributed by atoms with Crippen molar-refractivity contribution in [2.75, 3.05) is 18.9 Å². The molecule has 0 aliphatic heterocycles. The molecule has 0 saturated heterocycles. The Morgan fingerprint density at radius 2 is 2.19 bits per heavy atom. The predicted octanol–water partition coefficient (Wildman–Crippen LogP) is 2.53. The molecule has 0 radical (unpaired) electrons. The van der Waals surface area contributed by atoms with Crippen molar-refractivity contribution >= 4 is 11.6 Å². The second kappa shape index (κ2) is 6.62. The van der Waals surface area contributed by atoms with Gasteiger partial charge in [-0.3, -0.25) is 4.79 Å². The number of hydrogen-bond donors (Lipinski definition) is 1. The molecule has 2 aromatic rings. The van der Waals surface area contributed by atoms with Crippen LogP contribution < -0.4 is 5.32 Å². The fraction of sp³-hybridized carbons (Fsp3) is 0.250. The largest absolute Gasteiger partial charge is 0.464 e. The van der Waals surface area contributed by atoms with Crippen LogP contribution in [0.1, 0.15) is 17.1 Å². The Balaban J connectivity index is 1.87. The maximum Gasteiger partial charge on any atom is 0.242 e. The Labute approximate surface area is 123 Å². The van der Waals surface area contributed by atoms with E-state index in [1.54, 1.807) is 30.1 Å². The van der Waals surface area contributed by atoms with Gasteiger partial charge in [-0.15, -0.1) is 0 Å². The van der Waals surface area contributed by atoms with Crippen molar-refractivity contribution < 1.29 is 9.21 Å². The van der Waals surface area contributed by atoms with Crippen molar-refractivity contribution in [2.24, 2.45) is 0 Å². The SMILES string of the molecule is Cc1ccc(CN(C)C(=O)CNc2cccc(C#N)c2)o1. The fourth-order valence-electron chi connectivity index (χ4n) is 1.90. The lowest BCUT2D eigenvalue weighted by Crippen LogP contribution is -2.31. The molecule has 5 heteroatoms. The maximum absolute atomic E-state index is 12.0. The third-order valence-electron chi connectivity index (χ3n) is 3.05. The summed E-state index contributed by atoms with van der Waals surface area (Å²) in [4.78, 5) is 13.6. The standard InChI is InChI=1S/C16H17N3O2/c1-12-6-7-15(21-12)11-19(2)16(20)10-18-14-5-3-4-13(8-14)9-17/h3-8,18H,10-11H2,1-2H3. The molecule has 1 aromatic heterocycles. The van der Waals surface area contributed by atoms with Crippen LogP contribution in [0.5, 0.6) is 0 Å². The van der Waals surface area contributed by atoms with E-state index in [1.807, 2.05) is 25.1 Å². The van der Waals surface area contributed by atoms with E-state index in [1.165, 1.54) is 0 Å². The first-order chi connectivity index (χ1) is 10.1. The van der Waals surface area contributed by atoms with Crippen LogP contribution in [0.3, 0.4) is 0 Å². The predicted molar refractivity (Wildman–Crippen MR) is 79.6 cm³/mol. The molecule has 0 saturated carbocycles. The summed E-state index contributed by atoms with van der Waals surface area (Å²) in [7, 11) is 1.73. The van der Waals surface area contributed by atoms with Crippen LogP contribution in [0, 0.1) is 18.3 Å². The molecule has 5 nitrogen and oxygen atoms in total. The minimum Gasteiger partial charge on any atom is -0.464 e. The lowest BCUT2D eigenvalue weighted by atomic mass is 10.2. The van der Waals surface area contributed by atoms with Gasteiger partial charge in [-0.1, -0.05) is 6.07 Å². The summed E-state index contributed by atoms with van der Waals surface area (Å²) in [6.07, 6.45) is 0. The van der Waals surface area contributed by atoms with Gasteiger partial charge in [-0.25, -0.2) is 0 Å². The van der Waals surface area contributed by atoms with E-state index < -0.39 is 0 Å². The molecule has 0 aliphatic rings. The zero-order valence-electron chi connectivity index (χ0n) is 12.1. The van der Waals surface area contributed by atoms with Gasteiger partial charge in [0.25, 0.3) is 0 Å². The van der Waals surface area contributed by atoms with E-state index in [4.69, 9.17) is 9.68 Å². The number of nitriles is 1. The van der Waals surface area contributed by atoms with Gasteiger partial charge in [0.05, 0.1) is 24.7 Å². The van der Waals surface area contributed by atoms with Crippen molar-refractivity contribution in [1.29, 1.82) is 5.26 Å². The Morgan fingerprint density at radius 3 is 2.86 bits per heavy atom. The van der Waals surface area contributed by atoms with Crippen LogP contribution in [-0.4, -0.2) is 24.4 Å². The number of furan rings is 1. The maximum atomic E-state index is 12.0. The molecule has 0 unspecified atom stereocenters. The molecule has 0 aliphatic carbocycles. The van der Waals surface area contributed by atoms with E-state index in [0.29, 0.717) is 12.1 Å². The molecule has 0 atom stereocenters. The van der Waals surface area contributed by atoms with Gasteiger partial charge in [0.1, 0.15) is 11.5 Å². The Morgan fingerprint density at radius 1 is 1.38 bits per heavy atom. The number of likely N-dealkylation sites (N-methyl/N-ethyl adjacent to an activating group) is 1. The number of nitrogens with zero attached hydrogens (tertiary/aromatic N) is 2. The molecule has 1 heterocycles. The number of nitrogens with one attached hydrogen (secondary N) is 1. The molecule has 0 bridgehead atoms. The van der Waals surface area contributed by atoms with E-state index in [-0.39, 0.29) is 12.5 Å². The zero-order chi connectivity index (χ0) is 15.2. The highest BCUT2D eigenvalue weighted by molar-refractivity contribution is 5.80. The number of aryl methyl sites for hydroxylation is 1. The molecule has 0 spiro atoms. The molecule has 2 rings (SSSR count). The third kappa shape index (κ3) is 4.11. The first kappa shape index (κ1) is 14.7. The first-order valence-electron chi connectivity index (χ1n) is 6.62. The second-order valence-corrected chi connectivity index (χ2v) is 4.81. The van der Waals surface area contributed by atoms with Gasteiger partial charge in [0.2, 0.25) is 5.91 Å². The second-order valence-electron chi connectivity index (χ2n) is 4.81. The van der Waals surface area contributed by atoms with Crippen LogP contribution in [0.15, 0.2) is 40.8 Å². The van der Waals surface area contributed by atoms with Gasteiger partial charge in [-0.2, -0.15) is 5.26 Å². The van der Waals surface area contributed by atoms with Crippen molar-refractivity contribution in [3.8, 4) is 6.07 Å². The summed E-state index contributed by atoms with van der Waals surface area (Å²) in [5.41, 5.74) is 1.32. The minimum absolute atomic E-state index is 0.0496. The summed E-state index contributed by atoms with van der Waals surface area (Å²) >= 11 is 0. The molecular weight excluding hydrogens is 266 g/mol. The molecular formula is C16H17N3O2. The highest BCUT2D eigenvalue weighted by Gasteiger charge is 2.11. The topological polar surface area (TPSA) is 69.3 Å². The van der Waals surface area contributed by atoms with Crippen LogP contribution in [-0.2, 0) is 11.3 Å². The van der Waals surface area contributed by atoms with Gasteiger partial charge >= 0.3 is 0 Å². The lowest BCUT2D eigenvalue weighted by Gasteiger charge is -2.16. The van der Waals surface area contributed by atoms with Crippen LogP contribution in [0.4, 0.5) is 5.69 Å². The van der Waals surface area contributed by atoms with Crippen molar-refractivity contribution in [3.05, 3.63) is 53.5 Å². The third-order valence-corrected chi connectivity index (χ3v) is 3.05. The van der Waals surface area contributed by atoms with Crippen LogP contribution in [0.25, 0.3) is 0 Å². The van der Waals surface area contributed by atoms with Crippen LogP contribution >= 0.6 is 0 Å². The van der Waals surface area contributed by atoms with Crippen molar-refractivity contribution in [3.63, 3.8) is 0 Å². The van der Waals surface area contributed by atoms with E-state index in [2.05, 4.69) is 11.4 Å². The number of hydrogen-bond acceptors (Lipinski definition) is 4. The quantitative estimate of drug-likeness (QED) is 0.915. The van der Waals surface area contributed by atoms with Crippen molar-refractivity contribution in [1.82, 2.24) is 4.90 Å². The molecule has 1 aromatic carbocycles. The van der Waals surface area contributed by atoms with E-state index in [9.17, 15) is 4.79 Å². The number of anilines is 1. The summed E-state index contributed by atoms with van der Waals surface area (Å²) < 4.78 is 5.45. The summed E-state index contributed by atoms with van der Waals surface area (Å²) in [6, 6.07) is 12.8. The fourth-order valence-corrected chi connectivity index (χ4v) is 1.90. The number of carbonyl (C=O) groups excluding carboxylic acids is 1. The highest BCUT2D eigenvalue weighted by atomic mass is 16.3. The highest BCUT2D eigenvalue weighted by Crippen LogP contribution is 2.11. The number of carbonyl (C=O) groups is 1. The van der Waals surface area contributed by atoms with E-state index in [0.717, 1.165) is 17.2 Å². The van der Waals surface area contributed by atoms with Gasteiger partial charge < -0.3 is 14.6 Å². The summed E-state index contributed by atoms with van der Waals surface area (Å²) in [5, 5.41) is 11.8. The minimum atomic E-state index is -0.0496. The monoisotopic (exact) mass is 283 g/mol. The van der Waals surface area contributed by atoms with Gasteiger partial charge in [0.15, 0.2) is 0 Å². The molecule has 1 N–H and O–H groups in total. The number of amides is 1. The smallest absolute Gasteiger partial charge is 0.242 e. The molecule has 21 heavy (non-hydrogen) atoms. The average Bonchev–Trinajstić information content (AvgIpc) is 2.90. The first-order valence-corrected chi connectivity index (χ1v) is 6.62.